The summed E-state index contributed by atoms with van der Waals surface area (Å²) >= 11 is 0. The maximum absolute atomic E-state index is 11.0. The van der Waals surface area contributed by atoms with Crippen molar-refractivity contribution < 1.29 is 19.5 Å². The van der Waals surface area contributed by atoms with Gasteiger partial charge in [-0.3, -0.25) is 9.59 Å². The topological polar surface area (TPSA) is 71.4 Å². The number of fused-ring (bicyclic) bond motifs is 1. The standard InChI is InChI=1S/C13H12O4/c14-6-8-1-2-9-4-10(13(16)17)5-11(7-15)12(9)3-8/h1-3,6-7,10-11H,4-5H2,(H,16,17). The van der Waals surface area contributed by atoms with Gasteiger partial charge in [-0.1, -0.05) is 12.1 Å². The third kappa shape index (κ3) is 2.11. The number of aldehydes is 2. The Balaban J connectivity index is 2.43. The van der Waals surface area contributed by atoms with Gasteiger partial charge in [0.05, 0.1) is 5.92 Å². The largest absolute Gasteiger partial charge is 0.481 e. The summed E-state index contributed by atoms with van der Waals surface area (Å²) in [5, 5.41) is 9.01. The maximum atomic E-state index is 11.0. The van der Waals surface area contributed by atoms with Gasteiger partial charge < -0.3 is 9.90 Å². The molecule has 0 spiro atoms. The summed E-state index contributed by atoms with van der Waals surface area (Å²) in [6, 6.07) is 5.07. The Labute approximate surface area is 98.3 Å². The summed E-state index contributed by atoms with van der Waals surface area (Å²) in [5.41, 5.74) is 2.16. The summed E-state index contributed by atoms with van der Waals surface area (Å²) in [6.07, 6.45) is 2.23. The third-order valence-corrected chi connectivity index (χ3v) is 3.22. The summed E-state index contributed by atoms with van der Waals surface area (Å²) in [4.78, 5) is 32.7. The fourth-order valence-electron chi connectivity index (χ4n) is 2.32. The number of carboxylic acids is 1. The molecule has 4 heteroatoms. The van der Waals surface area contributed by atoms with E-state index in [1.807, 2.05) is 0 Å². The number of carboxylic acid groups (broad SMARTS) is 1. The van der Waals surface area contributed by atoms with E-state index in [0.717, 1.165) is 23.7 Å². The molecule has 1 aliphatic rings. The van der Waals surface area contributed by atoms with Gasteiger partial charge in [0.25, 0.3) is 0 Å². The molecular weight excluding hydrogens is 220 g/mol. The summed E-state index contributed by atoms with van der Waals surface area (Å²) < 4.78 is 0. The van der Waals surface area contributed by atoms with Crippen LogP contribution < -0.4 is 0 Å². The van der Waals surface area contributed by atoms with E-state index in [9.17, 15) is 14.4 Å². The zero-order valence-corrected chi connectivity index (χ0v) is 9.13. The van der Waals surface area contributed by atoms with Crippen LogP contribution in [-0.2, 0) is 16.0 Å². The highest BCUT2D eigenvalue weighted by Crippen LogP contribution is 2.34. The molecular formula is C13H12O4. The second kappa shape index (κ2) is 4.49. The Morgan fingerprint density at radius 2 is 2.12 bits per heavy atom. The molecule has 0 bridgehead atoms. The van der Waals surface area contributed by atoms with Crippen molar-refractivity contribution in [2.45, 2.75) is 18.8 Å². The molecule has 1 aliphatic carbocycles. The molecule has 0 aliphatic heterocycles. The first-order chi connectivity index (χ1) is 8.15. The molecule has 2 rings (SSSR count). The maximum Gasteiger partial charge on any atom is 0.306 e. The van der Waals surface area contributed by atoms with Crippen LogP contribution >= 0.6 is 0 Å². The monoisotopic (exact) mass is 232 g/mol. The highest BCUT2D eigenvalue weighted by molar-refractivity contribution is 5.78. The summed E-state index contributed by atoms with van der Waals surface area (Å²) in [7, 11) is 0. The lowest BCUT2D eigenvalue weighted by Gasteiger charge is -2.26. The Kier molecular flexibility index (Phi) is 3.04. The van der Waals surface area contributed by atoms with Crippen LogP contribution in [0.25, 0.3) is 0 Å². The van der Waals surface area contributed by atoms with Crippen LogP contribution in [0.1, 0.15) is 33.8 Å². The lowest BCUT2D eigenvalue weighted by Crippen LogP contribution is -2.25. The van der Waals surface area contributed by atoms with E-state index in [-0.39, 0.29) is 0 Å². The molecule has 2 unspecified atom stereocenters. The first kappa shape index (κ1) is 11.5. The van der Waals surface area contributed by atoms with E-state index >= 15 is 0 Å². The minimum Gasteiger partial charge on any atom is -0.481 e. The zero-order chi connectivity index (χ0) is 12.4. The van der Waals surface area contributed by atoms with E-state index in [1.54, 1.807) is 18.2 Å². The molecule has 0 radical (unpaired) electrons. The van der Waals surface area contributed by atoms with Gasteiger partial charge in [0, 0.05) is 11.5 Å². The molecule has 0 saturated heterocycles. The van der Waals surface area contributed by atoms with Crippen LogP contribution in [0.2, 0.25) is 0 Å². The van der Waals surface area contributed by atoms with Gasteiger partial charge in [-0.05, 0) is 30.0 Å². The average Bonchev–Trinajstić information content (AvgIpc) is 2.36. The molecule has 1 N–H and O–H groups in total. The average molecular weight is 232 g/mol. The number of carbonyl (C=O) groups is 3. The summed E-state index contributed by atoms with van der Waals surface area (Å²) in [5.74, 6) is -1.80. The third-order valence-electron chi connectivity index (χ3n) is 3.22. The molecule has 0 aromatic heterocycles. The lowest BCUT2D eigenvalue weighted by molar-refractivity contribution is -0.142. The Morgan fingerprint density at radius 3 is 2.71 bits per heavy atom. The van der Waals surface area contributed by atoms with Gasteiger partial charge in [0.2, 0.25) is 0 Å². The van der Waals surface area contributed by atoms with Crippen molar-refractivity contribution in [1.29, 1.82) is 0 Å². The van der Waals surface area contributed by atoms with E-state index in [0.29, 0.717) is 18.4 Å². The van der Waals surface area contributed by atoms with Crippen LogP contribution in [-0.4, -0.2) is 23.6 Å². The fourth-order valence-corrected chi connectivity index (χ4v) is 2.32. The van der Waals surface area contributed by atoms with Crippen LogP contribution in [0.3, 0.4) is 0 Å². The second-order valence-corrected chi connectivity index (χ2v) is 4.29. The van der Waals surface area contributed by atoms with Crippen LogP contribution in [0, 0.1) is 5.92 Å². The number of carbonyl (C=O) groups excluding carboxylic acids is 2. The van der Waals surface area contributed by atoms with Gasteiger partial charge in [-0.25, -0.2) is 0 Å². The number of hydrogen-bond acceptors (Lipinski definition) is 3. The van der Waals surface area contributed by atoms with Crippen LogP contribution in [0.5, 0.6) is 0 Å². The smallest absolute Gasteiger partial charge is 0.306 e. The minimum absolute atomic E-state index is 0.314. The fraction of sp³-hybridized carbons (Fsp3) is 0.308. The number of hydrogen-bond donors (Lipinski definition) is 1. The number of benzene rings is 1. The van der Waals surface area contributed by atoms with E-state index in [2.05, 4.69) is 0 Å². The second-order valence-electron chi connectivity index (χ2n) is 4.29. The van der Waals surface area contributed by atoms with Gasteiger partial charge in [-0.2, -0.15) is 0 Å². The van der Waals surface area contributed by atoms with E-state index < -0.39 is 17.8 Å². The number of rotatable bonds is 3. The molecule has 1 aromatic carbocycles. The van der Waals surface area contributed by atoms with Crippen molar-refractivity contribution in [3.63, 3.8) is 0 Å². The predicted molar refractivity (Wildman–Crippen MR) is 60.1 cm³/mol. The van der Waals surface area contributed by atoms with Crippen LogP contribution in [0.15, 0.2) is 18.2 Å². The highest BCUT2D eigenvalue weighted by Gasteiger charge is 2.30. The Bertz CT molecular complexity index is 478. The van der Waals surface area contributed by atoms with Crippen molar-refractivity contribution >= 4 is 18.5 Å². The van der Waals surface area contributed by atoms with Crippen molar-refractivity contribution in [3.8, 4) is 0 Å². The summed E-state index contributed by atoms with van der Waals surface area (Å²) in [6.45, 7) is 0. The van der Waals surface area contributed by atoms with Gasteiger partial charge >= 0.3 is 5.97 Å². The first-order valence-electron chi connectivity index (χ1n) is 5.41. The van der Waals surface area contributed by atoms with Crippen molar-refractivity contribution in [1.82, 2.24) is 0 Å². The molecule has 0 heterocycles. The van der Waals surface area contributed by atoms with E-state index in [1.165, 1.54) is 0 Å². The molecule has 1 aromatic rings. The minimum atomic E-state index is -0.873. The lowest BCUT2D eigenvalue weighted by atomic mass is 9.77. The van der Waals surface area contributed by atoms with Gasteiger partial charge in [-0.15, -0.1) is 0 Å². The molecule has 17 heavy (non-hydrogen) atoms. The molecule has 4 nitrogen and oxygen atoms in total. The first-order valence-corrected chi connectivity index (χ1v) is 5.41. The molecule has 0 amide bonds. The van der Waals surface area contributed by atoms with Crippen molar-refractivity contribution in [2.24, 2.45) is 5.92 Å². The molecule has 0 saturated carbocycles. The normalized spacial score (nSPS) is 22.6. The highest BCUT2D eigenvalue weighted by atomic mass is 16.4. The van der Waals surface area contributed by atoms with Crippen LogP contribution in [0.4, 0.5) is 0 Å². The molecule has 2 atom stereocenters. The Hall–Kier alpha value is -1.97. The van der Waals surface area contributed by atoms with Crippen molar-refractivity contribution in [3.05, 3.63) is 34.9 Å². The Morgan fingerprint density at radius 1 is 1.35 bits per heavy atom. The van der Waals surface area contributed by atoms with Gasteiger partial charge in [0.1, 0.15) is 12.6 Å². The van der Waals surface area contributed by atoms with E-state index in [4.69, 9.17) is 5.11 Å². The zero-order valence-electron chi connectivity index (χ0n) is 9.13. The SMILES string of the molecule is O=Cc1ccc2c(c1)C(C=O)CC(C(=O)O)C2. The quantitative estimate of drug-likeness (QED) is 0.800. The molecule has 0 fully saturated rings. The van der Waals surface area contributed by atoms with Gasteiger partial charge in [0.15, 0.2) is 0 Å². The molecule has 88 valence electrons. The van der Waals surface area contributed by atoms with Crippen molar-refractivity contribution in [2.75, 3.05) is 0 Å². The number of aliphatic carboxylic acids is 1. The predicted octanol–water partition coefficient (Wildman–Crippen LogP) is 1.43.